The largest absolute Gasteiger partial charge is 0.494 e. The lowest BCUT2D eigenvalue weighted by atomic mass is 10.1. The molecule has 0 bridgehead atoms. The predicted octanol–water partition coefficient (Wildman–Crippen LogP) is 2.61. The molecule has 0 radical (unpaired) electrons. The molecule has 0 aromatic heterocycles. The quantitative estimate of drug-likeness (QED) is 0.665. The first-order chi connectivity index (χ1) is 14.9. The molecule has 0 fully saturated rings. The van der Waals surface area contributed by atoms with Gasteiger partial charge in [0, 0.05) is 24.2 Å². The van der Waals surface area contributed by atoms with E-state index in [2.05, 4.69) is 10.9 Å². The van der Waals surface area contributed by atoms with Crippen LogP contribution in [0.5, 0.6) is 11.5 Å². The van der Waals surface area contributed by atoms with Crippen LogP contribution in [0.2, 0.25) is 0 Å². The summed E-state index contributed by atoms with van der Waals surface area (Å²) in [5, 5.41) is 0. The van der Waals surface area contributed by atoms with E-state index in [4.69, 9.17) is 9.47 Å². The summed E-state index contributed by atoms with van der Waals surface area (Å²) in [6.07, 6.45) is 0.318. The Labute approximate surface area is 181 Å². The number of hydrogen-bond donors (Lipinski definition) is 2. The van der Waals surface area contributed by atoms with E-state index in [1.54, 1.807) is 54.3 Å². The molecule has 1 aliphatic heterocycles. The Bertz CT molecular complexity index is 958. The Morgan fingerprint density at radius 2 is 1.74 bits per heavy atom. The highest BCUT2D eigenvalue weighted by Gasteiger charge is 2.24. The van der Waals surface area contributed by atoms with Crippen LogP contribution in [0.3, 0.4) is 0 Å². The molecule has 2 aromatic carbocycles. The van der Waals surface area contributed by atoms with E-state index in [0.29, 0.717) is 37.3 Å². The van der Waals surface area contributed by atoms with Gasteiger partial charge in [0.25, 0.3) is 11.8 Å². The number of hydrogen-bond acceptors (Lipinski definition) is 5. The second-order valence-electron chi connectivity index (χ2n) is 7.10. The zero-order valence-corrected chi connectivity index (χ0v) is 17.9. The maximum absolute atomic E-state index is 12.4. The number of nitrogens with zero attached hydrogens (tertiary/aromatic N) is 1. The Morgan fingerprint density at radius 3 is 2.42 bits per heavy atom. The lowest BCUT2D eigenvalue weighted by Crippen LogP contribution is -2.47. The molecule has 1 unspecified atom stereocenters. The van der Waals surface area contributed by atoms with Crippen molar-refractivity contribution in [2.75, 3.05) is 18.1 Å². The van der Waals surface area contributed by atoms with Crippen LogP contribution in [0.15, 0.2) is 42.5 Å². The van der Waals surface area contributed by atoms with Crippen LogP contribution in [0.25, 0.3) is 0 Å². The average Bonchev–Trinajstić information content (AvgIpc) is 3.21. The maximum Gasteiger partial charge on any atom is 0.279 e. The summed E-state index contributed by atoms with van der Waals surface area (Å²) < 4.78 is 11.0. The lowest BCUT2D eigenvalue weighted by Gasteiger charge is -2.17. The van der Waals surface area contributed by atoms with Crippen molar-refractivity contribution < 1.29 is 23.9 Å². The van der Waals surface area contributed by atoms with Crippen LogP contribution >= 0.6 is 0 Å². The van der Waals surface area contributed by atoms with Gasteiger partial charge >= 0.3 is 0 Å². The Kier molecular flexibility index (Phi) is 7.12. The van der Waals surface area contributed by atoms with Gasteiger partial charge in [0.05, 0.1) is 6.61 Å². The molecule has 2 N–H and O–H groups in total. The molecule has 2 aromatic rings. The highest BCUT2D eigenvalue weighted by atomic mass is 16.5. The lowest BCUT2D eigenvalue weighted by molar-refractivity contribution is -0.128. The number of nitrogens with one attached hydrogen (secondary N) is 2. The van der Waals surface area contributed by atoms with E-state index in [1.807, 2.05) is 13.8 Å². The van der Waals surface area contributed by atoms with Gasteiger partial charge in [-0.2, -0.15) is 0 Å². The monoisotopic (exact) mass is 425 g/mol. The highest BCUT2D eigenvalue weighted by Crippen LogP contribution is 2.29. The summed E-state index contributed by atoms with van der Waals surface area (Å²) in [7, 11) is 0. The number of fused-ring (bicyclic) bond motifs is 1. The van der Waals surface area contributed by atoms with E-state index in [1.165, 1.54) is 0 Å². The molecule has 3 rings (SSSR count). The van der Waals surface area contributed by atoms with E-state index in [-0.39, 0.29) is 5.91 Å². The normalized spacial score (nSPS) is 13.2. The molecule has 31 heavy (non-hydrogen) atoms. The summed E-state index contributed by atoms with van der Waals surface area (Å²) in [6.45, 7) is 6.50. The molecule has 1 atom stereocenters. The minimum atomic E-state index is -0.813. The van der Waals surface area contributed by atoms with Crippen LogP contribution < -0.4 is 25.2 Å². The van der Waals surface area contributed by atoms with Gasteiger partial charge in [-0.25, -0.2) is 0 Å². The Hall–Kier alpha value is -3.55. The van der Waals surface area contributed by atoms with Crippen LogP contribution in [-0.2, 0) is 16.0 Å². The van der Waals surface area contributed by atoms with Gasteiger partial charge in [0.15, 0.2) is 6.10 Å². The number of carbonyl (C=O) groups excluding carboxylic acids is 3. The number of anilines is 1. The standard InChI is InChI=1S/C23H27N3O5/c1-4-21(27)26-13-12-16-14-17(6-11-20(16)26)23(29)25-24-22(28)15(3)31-19-9-7-18(8-10-19)30-5-2/h6-11,14-15H,4-5,12-13H2,1-3H3,(H,24,28)(H,25,29). The van der Waals surface area contributed by atoms with Gasteiger partial charge in [0.2, 0.25) is 5.91 Å². The molecule has 0 saturated carbocycles. The Balaban J connectivity index is 1.53. The third-order valence-corrected chi connectivity index (χ3v) is 4.96. The van der Waals surface area contributed by atoms with Gasteiger partial charge < -0.3 is 14.4 Å². The Morgan fingerprint density at radius 1 is 1.03 bits per heavy atom. The number of ether oxygens (including phenoxy) is 2. The average molecular weight is 425 g/mol. The van der Waals surface area contributed by atoms with Crippen LogP contribution in [0.1, 0.15) is 43.1 Å². The summed E-state index contributed by atoms with van der Waals surface area (Å²) >= 11 is 0. The number of benzene rings is 2. The topological polar surface area (TPSA) is 97.0 Å². The van der Waals surface area contributed by atoms with E-state index >= 15 is 0 Å². The zero-order valence-electron chi connectivity index (χ0n) is 17.9. The molecule has 8 heteroatoms. The fourth-order valence-corrected chi connectivity index (χ4v) is 3.32. The van der Waals surface area contributed by atoms with E-state index in [9.17, 15) is 14.4 Å². The number of hydrazine groups is 1. The van der Waals surface area contributed by atoms with Gasteiger partial charge in [-0.15, -0.1) is 0 Å². The zero-order chi connectivity index (χ0) is 22.4. The van der Waals surface area contributed by atoms with Gasteiger partial charge in [-0.1, -0.05) is 6.92 Å². The maximum atomic E-state index is 12.4. The number of carbonyl (C=O) groups is 3. The first-order valence-electron chi connectivity index (χ1n) is 10.4. The summed E-state index contributed by atoms with van der Waals surface area (Å²) in [4.78, 5) is 38.4. The molecule has 0 aliphatic carbocycles. The molecular weight excluding hydrogens is 398 g/mol. The van der Waals surface area contributed by atoms with Crippen molar-refractivity contribution in [3.8, 4) is 11.5 Å². The van der Waals surface area contributed by atoms with E-state index in [0.717, 1.165) is 17.0 Å². The first kappa shape index (κ1) is 22.1. The van der Waals surface area contributed by atoms with Crippen molar-refractivity contribution in [1.82, 2.24) is 10.9 Å². The highest BCUT2D eigenvalue weighted by molar-refractivity contribution is 5.99. The molecule has 8 nitrogen and oxygen atoms in total. The molecule has 1 heterocycles. The number of rotatable bonds is 7. The third kappa shape index (κ3) is 5.33. The molecular formula is C23H27N3O5. The minimum Gasteiger partial charge on any atom is -0.494 e. The van der Waals surface area contributed by atoms with Crippen molar-refractivity contribution in [2.24, 2.45) is 0 Å². The second kappa shape index (κ2) is 9.97. The summed E-state index contributed by atoms with van der Waals surface area (Å²) in [5.41, 5.74) is 6.98. The molecule has 3 amide bonds. The SMILES string of the molecule is CCOc1ccc(OC(C)C(=O)NNC(=O)c2ccc3c(c2)CCN3C(=O)CC)cc1. The van der Waals surface area contributed by atoms with Crippen LogP contribution in [0, 0.1) is 0 Å². The van der Waals surface area contributed by atoms with Crippen molar-refractivity contribution in [1.29, 1.82) is 0 Å². The van der Waals surface area contributed by atoms with Crippen LogP contribution in [-0.4, -0.2) is 37.0 Å². The molecule has 164 valence electrons. The fourth-order valence-electron chi connectivity index (χ4n) is 3.32. The molecule has 0 saturated heterocycles. The van der Waals surface area contributed by atoms with Gasteiger partial charge in [-0.05, 0) is 68.3 Å². The minimum absolute atomic E-state index is 0.0599. The van der Waals surface area contributed by atoms with Crippen molar-refractivity contribution in [3.05, 3.63) is 53.6 Å². The summed E-state index contributed by atoms with van der Waals surface area (Å²) in [6, 6.07) is 12.1. The first-order valence-corrected chi connectivity index (χ1v) is 10.4. The third-order valence-electron chi connectivity index (χ3n) is 4.96. The van der Waals surface area contributed by atoms with Crippen LogP contribution in [0.4, 0.5) is 5.69 Å². The van der Waals surface area contributed by atoms with Crippen molar-refractivity contribution in [3.63, 3.8) is 0 Å². The van der Waals surface area contributed by atoms with Crippen molar-refractivity contribution >= 4 is 23.4 Å². The summed E-state index contributed by atoms with van der Waals surface area (Å²) in [5.74, 6) is 0.371. The predicted molar refractivity (Wildman–Crippen MR) is 116 cm³/mol. The van der Waals surface area contributed by atoms with Gasteiger partial charge in [-0.3, -0.25) is 25.2 Å². The number of amides is 3. The smallest absolute Gasteiger partial charge is 0.279 e. The fraction of sp³-hybridized carbons (Fsp3) is 0.348. The second-order valence-corrected chi connectivity index (χ2v) is 7.10. The van der Waals surface area contributed by atoms with Crippen molar-refractivity contribution in [2.45, 2.75) is 39.7 Å². The molecule has 1 aliphatic rings. The van der Waals surface area contributed by atoms with Gasteiger partial charge in [0.1, 0.15) is 11.5 Å². The van der Waals surface area contributed by atoms with E-state index < -0.39 is 17.9 Å². The molecule has 0 spiro atoms.